The summed E-state index contributed by atoms with van der Waals surface area (Å²) in [5.74, 6) is -0.805. The molecule has 0 aliphatic carbocycles. The van der Waals surface area contributed by atoms with Crippen molar-refractivity contribution in [3.8, 4) is 6.07 Å². The van der Waals surface area contributed by atoms with E-state index in [0.29, 0.717) is 30.6 Å². The molecular formula is C14H17BrN2O2. The number of nitrogens with one attached hydrogen (secondary N) is 1. The molecule has 0 atom stereocenters. The van der Waals surface area contributed by atoms with Crippen molar-refractivity contribution >= 4 is 27.6 Å². The number of carbonyl (C=O) groups is 1. The number of aliphatic carboxylic acids is 1. The third-order valence-corrected chi connectivity index (χ3v) is 4.02. The molecule has 0 saturated carbocycles. The summed E-state index contributed by atoms with van der Waals surface area (Å²) in [7, 11) is 0. The second-order valence-electron chi connectivity index (χ2n) is 4.45. The van der Waals surface area contributed by atoms with Gasteiger partial charge in [0.2, 0.25) is 0 Å². The number of nitriles is 1. The Labute approximate surface area is 121 Å². The number of carboxylic acid groups (broad SMARTS) is 1. The van der Waals surface area contributed by atoms with Crippen molar-refractivity contribution in [3.63, 3.8) is 0 Å². The molecule has 2 N–H and O–H groups in total. The first-order valence-corrected chi connectivity index (χ1v) is 6.95. The van der Waals surface area contributed by atoms with Gasteiger partial charge in [-0.3, -0.25) is 4.79 Å². The molecule has 0 amide bonds. The van der Waals surface area contributed by atoms with Crippen LogP contribution in [-0.4, -0.2) is 17.6 Å². The van der Waals surface area contributed by atoms with Crippen LogP contribution in [0.5, 0.6) is 0 Å². The molecule has 0 aliphatic rings. The molecular weight excluding hydrogens is 308 g/mol. The van der Waals surface area contributed by atoms with Crippen molar-refractivity contribution in [1.29, 1.82) is 5.26 Å². The van der Waals surface area contributed by atoms with Gasteiger partial charge in [0.05, 0.1) is 16.7 Å². The monoisotopic (exact) mass is 324 g/mol. The minimum atomic E-state index is -0.805. The lowest BCUT2D eigenvalue weighted by Gasteiger charge is -2.27. The molecule has 4 nitrogen and oxygen atoms in total. The summed E-state index contributed by atoms with van der Waals surface area (Å²) in [6, 6.07) is 7.41. The van der Waals surface area contributed by atoms with Gasteiger partial charge in [-0.25, -0.2) is 0 Å². The van der Waals surface area contributed by atoms with Gasteiger partial charge in [-0.15, -0.1) is 0 Å². The third kappa shape index (κ3) is 3.48. The maximum Gasteiger partial charge on any atom is 0.311 e. The van der Waals surface area contributed by atoms with E-state index in [1.807, 2.05) is 19.9 Å². The standard InChI is InChI=1S/C14H17BrN2O2/c1-3-14(4-2,13(18)19)9-17-12-6-5-11(15)7-10(12)8-16/h5-7,17H,3-4,9H2,1-2H3,(H,18,19). The normalized spacial score (nSPS) is 10.8. The molecule has 0 bridgehead atoms. The van der Waals surface area contributed by atoms with Crippen LogP contribution in [0.3, 0.4) is 0 Å². The van der Waals surface area contributed by atoms with Crippen LogP contribution in [0.4, 0.5) is 5.69 Å². The molecule has 5 heteroatoms. The number of carboxylic acids is 1. The number of halogens is 1. The maximum absolute atomic E-state index is 11.4. The van der Waals surface area contributed by atoms with Crippen LogP contribution in [0.2, 0.25) is 0 Å². The molecule has 102 valence electrons. The van der Waals surface area contributed by atoms with Crippen molar-refractivity contribution in [2.45, 2.75) is 26.7 Å². The Kier molecular flexibility index (Phi) is 5.37. The van der Waals surface area contributed by atoms with Gasteiger partial charge >= 0.3 is 5.97 Å². The first kappa shape index (κ1) is 15.5. The number of rotatable bonds is 6. The van der Waals surface area contributed by atoms with E-state index in [0.717, 1.165) is 4.47 Å². The van der Waals surface area contributed by atoms with Crippen molar-refractivity contribution < 1.29 is 9.90 Å². The fourth-order valence-corrected chi connectivity index (χ4v) is 2.27. The molecule has 0 saturated heterocycles. The molecule has 0 spiro atoms. The average molecular weight is 325 g/mol. The van der Waals surface area contributed by atoms with Gasteiger partial charge in [0, 0.05) is 11.0 Å². The first-order chi connectivity index (χ1) is 8.99. The highest BCUT2D eigenvalue weighted by Gasteiger charge is 2.34. The van der Waals surface area contributed by atoms with Crippen molar-refractivity contribution in [2.75, 3.05) is 11.9 Å². The Morgan fingerprint density at radius 2 is 2.11 bits per heavy atom. The molecule has 1 aromatic rings. The highest BCUT2D eigenvalue weighted by molar-refractivity contribution is 9.10. The zero-order chi connectivity index (χ0) is 14.5. The van der Waals surface area contributed by atoms with Crippen LogP contribution in [0.1, 0.15) is 32.3 Å². The Hall–Kier alpha value is -1.54. The number of benzene rings is 1. The molecule has 19 heavy (non-hydrogen) atoms. The van der Waals surface area contributed by atoms with E-state index in [1.165, 1.54) is 0 Å². The minimum absolute atomic E-state index is 0.311. The van der Waals surface area contributed by atoms with Crippen LogP contribution < -0.4 is 5.32 Å². The van der Waals surface area contributed by atoms with Crippen molar-refractivity contribution in [1.82, 2.24) is 0 Å². The molecule has 0 aromatic heterocycles. The molecule has 0 radical (unpaired) electrons. The molecule has 1 aromatic carbocycles. The van der Waals surface area contributed by atoms with Crippen LogP contribution in [0.25, 0.3) is 0 Å². The van der Waals surface area contributed by atoms with Gasteiger partial charge in [-0.05, 0) is 31.0 Å². The topological polar surface area (TPSA) is 73.1 Å². The van der Waals surface area contributed by atoms with Gasteiger partial charge in [0.1, 0.15) is 6.07 Å². The molecule has 0 heterocycles. The second kappa shape index (κ2) is 6.58. The summed E-state index contributed by atoms with van der Waals surface area (Å²) in [5.41, 5.74) is 0.374. The van der Waals surface area contributed by atoms with E-state index in [-0.39, 0.29) is 0 Å². The van der Waals surface area contributed by atoms with Crippen LogP contribution in [0.15, 0.2) is 22.7 Å². The molecule has 0 aliphatic heterocycles. The number of nitrogens with zero attached hydrogens (tertiary/aromatic N) is 1. The number of hydrogen-bond donors (Lipinski definition) is 2. The molecule has 1 rings (SSSR count). The Morgan fingerprint density at radius 1 is 1.47 bits per heavy atom. The number of hydrogen-bond acceptors (Lipinski definition) is 3. The Morgan fingerprint density at radius 3 is 2.58 bits per heavy atom. The fraction of sp³-hybridized carbons (Fsp3) is 0.429. The third-order valence-electron chi connectivity index (χ3n) is 3.53. The van der Waals surface area contributed by atoms with Crippen LogP contribution in [0, 0.1) is 16.7 Å². The van der Waals surface area contributed by atoms with E-state index < -0.39 is 11.4 Å². The van der Waals surface area contributed by atoms with Gasteiger partial charge in [0.25, 0.3) is 0 Å². The largest absolute Gasteiger partial charge is 0.481 e. The summed E-state index contributed by atoms with van der Waals surface area (Å²) in [4.78, 5) is 11.4. The van der Waals surface area contributed by atoms with Crippen molar-refractivity contribution in [3.05, 3.63) is 28.2 Å². The van der Waals surface area contributed by atoms with E-state index in [2.05, 4.69) is 27.3 Å². The van der Waals surface area contributed by atoms with E-state index in [4.69, 9.17) is 5.26 Å². The van der Waals surface area contributed by atoms with Crippen LogP contribution in [-0.2, 0) is 4.79 Å². The molecule has 0 unspecified atom stereocenters. The van der Waals surface area contributed by atoms with Gasteiger partial charge < -0.3 is 10.4 Å². The van der Waals surface area contributed by atoms with E-state index >= 15 is 0 Å². The first-order valence-electron chi connectivity index (χ1n) is 6.16. The zero-order valence-corrected chi connectivity index (χ0v) is 12.6. The smallest absolute Gasteiger partial charge is 0.311 e. The predicted molar refractivity (Wildman–Crippen MR) is 78.0 cm³/mol. The fourth-order valence-electron chi connectivity index (χ4n) is 1.91. The second-order valence-corrected chi connectivity index (χ2v) is 5.36. The number of anilines is 1. The quantitative estimate of drug-likeness (QED) is 0.838. The summed E-state index contributed by atoms with van der Waals surface area (Å²) in [6.45, 7) is 4.05. The Bertz CT molecular complexity index is 505. The predicted octanol–water partition coefficient (Wildman–Crippen LogP) is 3.62. The summed E-state index contributed by atoms with van der Waals surface area (Å²) < 4.78 is 0.824. The van der Waals surface area contributed by atoms with E-state index in [1.54, 1.807) is 12.1 Å². The summed E-state index contributed by atoms with van der Waals surface area (Å²) >= 11 is 3.31. The Balaban J connectivity index is 2.92. The van der Waals surface area contributed by atoms with Gasteiger partial charge in [0.15, 0.2) is 0 Å². The lowest BCUT2D eigenvalue weighted by molar-refractivity contribution is -0.148. The summed E-state index contributed by atoms with van der Waals surface area (Å²) in [6.07, 6.45) is 1.09. The maximum atomic E-state index is 11.4. The van der Waals surface area contributed by atoms with E-state index in [9.17, 15) is 9.90 Å². The SMILES string of the molecule is CCC(CC)(CNc1ccc(Br)cc1C#N)C(=O)O. The van der Waals surface area contributed by atoms with Gasteiger partial charge in [-0.1, -0.05) is 29.8 Å². The summed E-state index contributed by atoms with van der Waals surface area (Å²) in [5, 5.41) is 21.5. The highest BCUT2D eigenvalue weighted by atomic mass is 79.9. The lowest BCUT2D eigenvalue weighted by Crippen LogP contribution is -2.37. The lowest BCUT2D eigenvalue weighted by atomic mass is 9.82. The minimum Gasteiger partial charge on any atom is -0.481 e. The molecule has 0 fully saturated rings. The average Bonchev–Trinajstić information content (AvgIpc) is 2.41. The van der Waals surface area contributed by atoms with Crippen LogP contribution >= 0.6 is 15.9 Å². The highest BCUT2D eigenvalue weighted by Crippen LogP contribution is 2.28. The van der Waals surface area contributed by atoms with Gasteiger partial charge in [-0.2, -0.15) is 5.26 Å². The zero-order valence-electron chi connectivity index (χ0n) is 11.0. The van der Waals surface area contributed by atoms with Crippen molar-refractivity contribution in [2.24, 2.45) is 5.41 Å².